The molecule has 14 nitrogen and oxygen atoms in total. The van der Waals surface area contributed by atoms with Crippen molar-refractivity contribution in [3.63, 3.8) is 0 Å². The maximum Gasteiger partial charge on any atom is 0.407 e. The highest BCUT2D eigenvalue weighted by atomic mass is 16.6. The number of anilines is 1. The second-order valence-electron chi connectivity index (χ2n) is 10.3. The van der Waals surface area contributed by atoms with Crippen LogP contribution in [0.25, 0.3) is 11.2 Å². The van der Waals surface area contributed by atoms with E-state index >= 15 is 0 Å². The van der Waals surface area contributed by atoms with Gasteiger partial charge in [-0.3, -0.25) is 9.36 Å². The number of hydrogen-bond donors (Lipinski definition) is 4. The maximum absolute atomic E-state index is 12.7. The number of fused-ring (bicyclic) bond motifs is 3. The summed E-state index contributed by atoms with van der Waals surface area (Å²) in [7, 11) is 0. The van der Waals surface area contributed by atoms with Gasteiger partial charge in [-0.05, 0) is 31.6 Å². The molecule has 2 aromatic heterocycles. The molecule has 4 heterocycles. The van der Waals surface area contributed by atoms with Gasteiger partial charge in [0.25, 0.3) is 0 Å². The van der Waals surface area contributed by atoms with Crippen LogP contribution >= 0.6 is 0 Å². The van der Waals surface area contributed by atoms with Gasteiger partial charge in [0.2, 0.25) is 0 Å². The fraction of sp³-hybridized carbons (Fsp3) is 0.640. The normalized spacial score (nSPS) is 35.0. The average Bonchev–Trinajstić information content (AvgIpc) is 3.75. The minimum Gasteiger partial charge on any atom is -0.466 e. The number of aromatic nitrogens is 4. The van der Waals surface area contributed by atoms with E-state index in [9.17, 15) is 19.8 Å². The first-order chi connectivity index (χ1) is 18.9. The first kappa shape index (κ1) is 25.9. The Balaban J connectivity index is 1.09. The van der Waals surface area contributed by atoms with Crippen LogP contribution in [0.2, 0.25) is 0 Å². The largest absolute Gasteiger partial charge is 0.466 e. The number of allylic oxidation sites excluding steroid dienone is 1. The molecular weight excluding hydrogens is 512 g/mol. The Morgan fingerprint density at radius 3 is 2.79 bits per heavy atom. The number of hydrogen-bond acceptors (Lipinski definition) is 12. The summed E-state index contributed by atoms with van der Waals surface area (Å²) < 4.78 is 23.4. The van der Waals surface area contributed by atoms with E-state index in [4.69, 9.17) is 18.9 Å². The van der Waals surface area contributed by atoms with Crippen LogP contribution in [-0.4, -0.2) is 98.6 Å². The molecule has 1 saturated carbocycles. The van der Waals surface area contributed by atoms with E-state index in [1.807, 2.05) is 12.2 Å². The summed E-state index contributed by atoms with van der Waals surface area (Å²) in [4.78, 5) is 38.1. The monoisotopic (exact) mass is 544 g/mol. The van der Waals surface area contributed by atoms with Crippen LogP contribution in [0.4, 0.5) is 10.6 Å². The predicted octanol–water partition coefficient (Wildman–Crippen LogP) is 0.126. The lowest BCUT2D eigenvalue weighted by molar-refractivity contribution is -0.149. The fourth-order valence-electron chi connectivity index (χ4n) is 6.00. The van der Waals surface area contributed by atoms with Crippen molar-refractivity contribution in [1.82, 2.24) is 24.8 Å². The average molecular weight is 545 g/mol. The highest BCUT2D eigenvalue weighted by molar-refractivity contribution is 5.83. The third kappa shape index (κ3) is 4.81. The number of ether oxygens (including phenoxy) is 4. The van der Waals surface area contributed by atoms with Crippen LogP contribution < -0.4 is 10.6 Å². The molecule has 0 spiro atoms. The Hall–Kier alpha value is -3.33. The van der Waals surface area contributed by atoms with Crippen LogP contribution in [0, 0.1) is 17.8 Å². The van der Waals surface area contributed by atoms with E-state index in [0.717, 1.165) is 12.8 Å². The van der Waals surface area contributed by atoms with Crippen LogP contribution in [-0.2, 0) is 23.7 Å². The smallest absolute Gasteiger partial charge is 0.407 e. The van der Waals surface area contributed by atoms with E-state index in [2.05, 4.69) is 25.6 Å². The molecule has 4 aliphatic rings. The SMILES string of the molecule is CCOC(=O)C1C2C=CC(C2)C1NC(=O)OCC1OC(n2cnc3c(NC4CCOC4)ncnc32)C(O)C1O. The molecule has 14 heteroatoms. The number of amides is 1. The van der Waals surface area contributed by atoms with Gasteiger partial charge in [-0.15, -0.1) is 0 Å². The highest BCUT2D eigenvalue weighted by Gasteiger charge is 2.50. The van der Waals surface area contributed by atoms with Crippen molar-refractivity contribution in [1.29, 1.82) is 0 Å². The van der Waals surface area contributed by atoms with E-state index in [1.54, 1.807) is 6.92 Å². The number of aliphatic hydroxyl groups is 2. The first-order valence-electron chi connectivity index (χ1n) is 13.3. The molecule has 4 N–H and O–H groups in total. The number of nitrogens with one attached hydrogen (secondary N) is 2. The minimum absolute atomic E-state index is 0.0197. The van der Waals surface area contributed by atoms with E-state index in [0.29, 0.717) is 30.2 Å². The molecule has 210 valence electrons. The predicted molar refractivity (Wildman–Crippen MR) is 133 cm³/mol. The van der Waals surface area contributed by atoms with Crippen molar-refractivity contribution >= 4 is 29.0 Å². The lowest BCUT2D eigenvalue weighted by Gasteiger charge is -2.27. The van der Waals surface area contributed by atoms with Gasteiger partial charge in [-0.25, -0.2) is 19.7 Å². The number of nitrogens with zero attached hydrogens (tertiary/aromatic N) is 4. The Morgan fingerprint density at radius 2 is 2.00 bits per heavy atom. The lowest BCUT2D eigenvalue weighted by atomic mass is 9.89. The highest BCUT2D eigenvalue weighted by Crippen LogP contribution is 2.44. The summed E-state index contributed by atoms with van der Waals surface area (Å²) in [5.41, 5.74) is 0.904. The van der Waals surface area contributed by atoms with Crippen LogP contribution in [0.15, 0.2) is 24.8 Å². The zero-order valence-corrected chi connectivity index (χ0v) is 21.4. The van der Waals surface area contributed by atoms with Gasteiger partial charge in [0.15, 0.2) is 23.2 Å². The fourth-order valence-corrected chi connectivity index (χ4v) is 6.00. The summed E-state index contributed by atoms with van der Waals surface area (Å²) in [6.45, 7) is 2.94. The molecule has 9 unspecified atom stereocenters. The van der Waals surface area contributed by atoms with E-state index in [-0.39, 0.29) is 37.1 Å². The second kappa shape index (κ2) is 10.7. The molecular formula is C25H32N6O8. The lowest BCUT2D eigenvalue weighted by Crippen LogP contribution is -2.47. The quantitative estimate of drug-likeness (QED) is 0.261. The molecule has 2 aliphatic carbocycles. The number of carbonyl (C=O) groups excluding carboxylic acids is 2. The third-order valence-corrected chi connectivity index (χ3v) is 7.92. The number of imidazole rings is 1. The van der Waals surface area contributed by atoms with Crippen molar-refractivity contribution in [2.24, 2.45) is 17.8 Å². The third-order valence-electron chi connectivity index (χ3n) is 7.92. The molecule has 2 saturated heterocycles. The molecule has 9 atom stereocenters. The molecule has 6 rings (SSSR count). The zero-order valence-electron chi connectivity index (χ0n) is 21.4. The molecule has 2 bridgehead atoms. The van der Waals surface area contributed by atoms with Gasteiger partial charge in [0, 0.05) is 6.61 Å². The van der Waals surface area contributed by atoms with E-state index < -0.39 is 42.6 Å². The summed E-state index contributed by atoms with van der Waals surface area (Å²) in [5, 5.41) is 27.5. The Labute approximate surface area is 223 Å². The maximum atomic E-state index is 12.7. The van der Waals surface area contributed by atoms with Crippen LogP contribution in [0.3, 0.4) is 0 Å². The number of carbonyl (C=O) groups is 2. The van der Waals surface area contributed by atoms with Crippen molar-refractivity contribution in [2.75, 3.05) is 31.7 Å². The molecule has 0 radical (unpaired) electrons. The van der Waals surface area contributed by atoms with Crippen molar-refractivity contribution in [3.05, 3.63) is 24.8 Å². The van der Waals surface area contributed by atoms with Crippen molar-refractivity contribution in [2.45, 2.75) is 56.4 Å². The van der Waals surface area contributed by atoms with Crippen molar-refractivity contribution in [3.8, 4) is 0 Å². The van der Waals surface area contributed by atoms with Gasteiger partial charge in [0.05, 0.1) is 37.5 Å². The molecule has 1 amide bonds. The standard InChI is InChI=1S/C25H32N6O8/c1-2-37-24(34)16-12-3-4-13(7-12)17(16)30-25(35)38-9-15-19(32)20(33)23(39-15)31-11-28-18-21(26-10-27-22(18)31)29-14-5-6-36-8-14/h3-4,10-17,19-20,23,32-33H,2,5-9H2,1H3,(H,30,35)(H,26,27,29). The Kier molecular flexibility index (Phi) is 7.10. The molecule has 39 heavy (non-hydrogen) atoms. The summed E-state index contributed by atoms with van der Waals surface area (Å²) in [5.74, 6) is -0.231. The van der Waals surface area contributed by atoms with Crippen LogP contribution in [0.1, 0.15) is 26.0 Å². The molecule has 3 fully saturated rings. The topological polar surface area (TPSA) is 179 Å². The Morgan fingerprint density at radius 1 is 1.15 bits per heavy atom. The van der Waals surface area contributed by atoms with Gasteiger partial charge in [-0.1, -0.05) is 12.2 Å². The van der Waals surface area contributed by atoms with Crippen molar-refractivity contribution < 1.29 is 38.7 Å². The summed E-state index contributed by atoms with van der Waals surface area (Å²) >= 11 is 0. The number of rotatable bonds is 8. The van der Waals surface area contributed by atoms with Crippen LogP contribution in [0.5, 0.6) is 0 Å². The summed E-state index contributed by atoms with van der Waals surface area (Å²) in [6.07, 6.45) is 3.06. The number of aliphatic hydroxyl groups excluding tert-OH is 2. The molecule has 2 aromatic rings. The van der Waals surface area contributed by atoms with Gasteiger partial charge < -0.3 is 39.8 Å². The number of alkyl carbamates (subject to hydrolysis) is 1. The van der Waals surface area contributed by atoms with E-state index in [1.165, 1.54) is 17.2 Å². The first-order valence-corrected chi connectivity index (χ1v) is 13.3. The number of esters is 1. The van der Waals surface area contributed by atoms with Gasteiger partial charge in [0.1, 0.15) is 31.2 Å². The zero-order chi connectivity index (χ0) is 27.1. The van der Waals surface area contributed by atoms with Gasteiger partial charge >= 0.3 is 12.1 Å². The van der Waals surface area contributed by atoms with Gasteiger partial charge in [-0.2, -0.15) is 0 Å². The summed E-state index contributed by atoms with van der Waals surface area (Å²) in [6, 6.07) is -0.325. The Bertz CT molecular complexity index is 1250. The molecule has 0 aromatic carbocycles. The minimum atomic E-state index is -1.33. The second-order valence-corrected chi connectivity index (χ2v) is 10.3. The molecule has 2 aliphatic heterocycles.